The van der Waals surface area contributed by atoms with E-state index in [2.05, 4.69) is 15.0 Å². The van der Waals surface area contributed by atoms with E-state index in [1.54, 1.807) is 12.4 Å². The molecule has 180 valence electrons. The molecule has 3 aromatic rings. The summed E-state index contributed by atoms with van der Waals surface area (Å²) in [4.78, 5) is 35.7. The summed E-state index contributed by atoms with van der Waals surface area (Å²) in [7, 11) is 0. The van der Waals surface area contributed by atoms with Crippen LogP contribution in [0.1, 0.15) is 17.2 Å². The molecule has 0 spiro atoms. The highest BCUT2D eigenvalue weighted by molar-refractivity contribution is 7.99. The zero-order chi connectivity index (χ0) is 24.9. The van der Waals surface area contributed by atoms with E-state index in [0.29, 0.717) is 11.5 Å². The van der Waals surface area contributed by atoms with Crippen molar-refractivity contribution in [3.63, 3.8) is 0 Å². The predicted octanol–water partition coefficient (Wildman–Crippen LogP) is 4.64. The molecule has 2 atom stereocenters. The van der Waals surface area contributed by atoms with Gasteiger partial charge in [-0.25, -0.2) is 4.79 Å². The molecule has 9 nitrogen and oxygen atoms in total. The summed E-state index contributed by atoms with van der Waals surface area (Å²) in [5, 5.41) is 3.59. The Hall–Kier alpha value is -4.27. The number of carbonyl (C=O) groups excluding carboxylic acids is 2. The molecule has 0 N–H and O–H groups in total. The van der Waals surface area contributed by atoms with E-state index < -0.39 is 30.1 Å². The molecular weight excluding hydrogens is 478 g/mol. The second-order valence-electron chi connectivity index (χ2n) is 8.09. The maximum Gasteiger partial charge on any atom is 0.359 e. The second-order valence-corrected chi connectivity index (χ2v) is 9.14. The van der Waals surface area contributed by atoms with E-state index in [0.717, 1.165) is 16.0 Å². The molecule has 1 amide bonds. The van der Waals surface area contributed by atoms with Gasteiger partial charge in [0.15, 0.2) is 11.8 Å². The molecule has 0 aliphatic carbocycles. The monoisotopic (exact) mass is 499 g/mol. The number of ether oxygens (including phenoxy) is 2. The van der Waals surface area contributed by atoms with Crippen molar-refractivity contribution in [2.24, 2.45) is 5.11 Å². The Morgan fingerprint density at radius 2 is 1.75 bits per heavy atom. The average Bonchev–Trinajstić information content (AvgIpc) is 2.94. The zero-order valence-corrected chi connectivity index (χ0v) is 19.8. The molecule has 0 bridgehead atoms. The maximum absolute atomic E-state index is 13.7. The number of hydrogen-bond acceptors (Lipinski definition) is 7. The fourth-order valence-corrected chi connectivity index (χ4v) is 5.03. The van der Waals surface area contributed by atoms with Crippen LogP contribution >= 0.6 is 11.8 Å². The minimum Gasteiger partial charge on any atom is -0.492 e. The van der Waals surface area contributed by atoms with E-state index in [4.69, 9.17) is 15.0 Å². The Bertz CT molecular complexity index is 1290. The molecular formula is C26H21N5O4S. The first-order valence-electron chi connectivity index (χ1n) is 11.2. The summed E-state index contributed by atoms with van der Waals surface area (Å²) >= 11 is 1.45. The third kappa shape index (κ3) is 4.64. The molecule has 2 unspecified atom stereocenters. The number of rotatable bonds is 8. The van der Waals surface area contributed by atoms with Crippen LogP contribution in [0.5, 0.6) is 0 Å². The number of amides is 1. The number of nitrogens with zero attached hydrogens (tertiary/aromatic N) is 5. The van der Waals surface area contributed by atoms with Crippen molar-refractivity contribution in [1.29, 1.82) is 0 Å². The Morgan fingerprint density at radius 1 is 1.11 bits per heavy atom. The van der Waals surface area contributed by atoms with Gasteiger partial charge in [-0.15, -0.1) is 11.8 Å². The van der Waals surface area contributed by atoms with Crippen molar-refractivity contribution in [2.45, 2.75) is 23.1 Å². The van der Waals surface area contributed by atoms with Crippen molar-refractivity contribution >= 4 is 23.6 Å². The number of carbonyl (C=O) groups is 2. The number of esters is 1. The van der Waals surface area contributed by atoms with Gasteiger partial charge in [0.1, 0.15) is 18.4 Å². The van der Waals surface area contributed by atoms with Crippen LogP contribution in [0.2, 0.25) is 0 Å². The van der Waals surface area contributed by atoms with Crippen LogP contribution in [0.25, 0.3) is 10.4 Å². The van der Waals surface area contributed by atoms with E-state index in [9.17, 15) is 9.59 Å². The minimum atomic E-state index is -0.911. The van der Waals surface area contributed by atoms with Gasteiger partial charge in [0.25, 0.3) is 0 Å². The molecule has 36 heavy (non-hydrogen) atoms. The highest BCUT2D eigenvalue weighted by Crippen LogP contribution is 2.38. The molecule has 2 aliphatic heterocycles. The number of aromatic nitrogens is 1. The average molecular weight is 500 g/mol. The predicted molar refractivity (Wildman–Crippen MR) is 132 cm³/mol. The first-order chi connectivity index (χ1) is 17.7. The summed E-state index contributed by atoms with van der Waals surface area (Å²) in [6.45, 7) is 0.124. The molecule has 1 saturated heterocycles. The first-order valence-corrected chi connectivity index (χ1v) is 12.2. The van der Waals surface area contributed by atoms with E-state index >= 15 is 0 Å². The largest absolute Gasteiger partial charge is 0.492 e. The van der Waals surface area contributed by atoms with Crippen LogP contribution < -0.4 is 0 Å². The Balaban J connectivity index is 1.48. The molecule has 1 aromatic heterocycles. The summed E-state index contributed by atoms with van der Waals surface area (Å²) in [6, 6.07) is 21.0. The van der Waals surface area contributed by atoms with Gasteiger partial charge in [0.2, 0.25) is 5.91 Å². The number of azide groups is 1. The van der Waals surface area contributed by atoms with Crippen molar-refractivity contribution in [2.75, 3.05) is 12.4 Å². The summed E-state index contributed by atoms with van der Waals surface area (Å²) in [5.74, 6) is -0.491. The molecule has 5 rings (SSSR count). The van der Waals surface area contributed by atoms with Gasteiger partial charge >= 0.3 is 5.97 Å². The quantitative estimate of drug-likeness (QED) is 0.111. The normalized spacial score (nSPS) is 18.6. The van der Waals surface area contributed by atoms with Gasteiger partial charge in [-0.05, 0) is 28.8 Å². The fourth-order valence-electron chi connectivity index (χ4n) is 4.19. The van der Waals surface area contributed by atoms with Gasteiger partial charge < -0.3 is 9.47 Å². The van der Waals surface area contributed by atoms with E-state index in [-0.39, 0.29) is 12.3 Å². The van der Waals surface area contributed by atoms with Gasteiger partial charge in [0.05, 0.1) is 11.8 Å². The second kappa shape index (κ2) is 10.6. The van der Waals surface area contributed by atoms with Crippen molar-refractivity contribution in [3.05, 3.63) is 118 Å². The van der Waals surface area contributed by atoms with Crippen LogP contribution in [-0.2, 0) is 19.1 Å². The SMILES string of the molecule is [N-]=[N+]=NC1C(=O)N2C(C(=O)OC(c3ccccc3)c3ccccc3)=C(CSc3ccncc3)OCC12. The Labute approximate surface area is 211 Å². The van der Waals surface area contributed by atoms with Gasteiger partial charge in [-0.2, -0.15) is 0 Å². The van der Waals surface area contributed by atoms with Crippen LogP contribution in [-0.4, -0.2) is 46.2 Å². The molecule has 2 aromatic carbocycles. The highest BCUT2D eigenvalue weighted by Gasteiger charge is 2.54. The van der Waals surface area contributed by atoms with Crippen LogP contribution in [0, 0.1) is 0 Å². The van der Waals surface area contributed by atoms with E-state index in [1.807, 2.05) is 72.8 Å². The lowest BCUT2D eigenvalue weighted by molar-refractivity contribution is -0.160. The summed E-state index contributed by atoms with van der Waals surface area (Å²) in [5.41, 5.74) is 10.5. The summed E-state index contributed by atoms with van der Waals surface area (Å²) < 4.78 is 12.0. The Kier molecular flexibility index (Phi) is 6.88. The number of thioether (sulfide) groups is 1. The number of hydrogen-bond donors (Lipinski definition) is 0. The van der Waals surface area contributed by atoms with Crippen molar-refractivity contribution in [3.8, 4) is 0 Å². The lowest BCUT2D eigenvalue weighted by atomic mass is 9.93. The maximum atomic E-state index is 13.7. The Morgan fingerprint density at radius 3 is 2.36 bits per heavy atom. The first kappa shape index (κ1) is 23.5. The molecule has 0 saturated carbocycles. The van der Waals surface area contributed by atoms with Crippen LogP contribution in [0.3, 0.4) is 0 Å². The molecule has 0 radical (unpaired) electrons. The number of pyridine rings is 1. The highest BCUT2D eigenvalue weighted by atomic mass is 32.2. The topological polar surface area (TPSA) is 117 Å². The van der Waals surface area contributed by atoms with Crippen LogP contribution in [0.4, 0.5) is 0 Å². The molecule has 1 fully saturated rings. The molecule has 3 heterocycles. The van der Waals surface area contributed by atoms with Crippen LogP contribution in [0.15, 0.2) is 107 Å². The van der Waals surface area contributed by atoms with Gasteiger partial charge in [0, 0.05) is 22.2 Å². The third-order valence-corrected chi connectivity index (χ3v) is 6.95. The number of benzene rings is 2. The molecule has 2 aliphatic rings. The minimum absolute atomic E-state index is 0.0408. The van der Waals surface area contributed by atoms with Crippen molar-refractivity contribution in [1.82, 2.24) is 9.88 Å². The lowest BCUT2D eigenvalue weighted by Gasteiger charge is -2.48. The smallest absolute Gasteiger partial charge is 0.359 e. The standard InChI is InChI=1S/C26H21N5O4S/c27-30-29-22-20-15-34-21(16-36-19-11-13-28-14-12-19)23(31(20)25(22)32)26(33)35-24(17-7-3-1-4-8-17)18-9-5-2-6-10-18/h1-14,20,22,24H,15-16H2. The lowest BCUT2D eigenvalue weighted by Crippen LogP contribution is -2.67. The van der Waals surface area contributed by atoms with E-state index in [1.165, 1.54) is 16.7 Å². The molecule has 10 heteroatoms. The zero-order valence-electron chi connectivity index (χ0n) is 19.0. The fraction of sp³-hybridized carbons (Fsp3) is 0.192. The van der Waals surface area contributed by atoms with Gasteiger partial charge in [-0.3, -0.25) is 14.7 Å². The summed E-state index contributed by atoms with van der Waals surface area (Å²) in [6.07, 6.45) is 2.67. The van der Waals surface area contributed by atoms with Crippen molar-refractivity contribution < 1.29 is 19.1 Å². The van der Waals surface area contributed by atoms with Gasteiger partial charge in [-0.1, -0.05) is 65.8 Å². The number of fused-ring (bicyclic) bond motifs is 1. The number of β-lactam (4-membered cyclic amide) rings is 1. The third-order valence-electron chi connectivity index (χ3n) is 5.94.